The Morgan fingerprint density at radius 2 is 2.27 bits per heavy atom. The molecule has 0 unspecified atom stereocenters. The molecule has 2 aromatic rings. The molecule has 1 N–H and O–H groups in total. The van der Waals surface area contributed by atoms with E-state index in [9.17, 15) is 13.2 Å². The molecular formula is C17H22N4O4S. The Labute approximate surface area is 152 Å². The standard InChI is InChI=1S/C17H22N4O4S/c1-25-15-5-8-21(12-15)17(22)14-3-2-4-16(11-14)26(23,24)19-7-10-20-9-6-18-13-20/h2-4,6,9,11,13,15,19H,5,7-8,10,12H2,1H3/t15-/m1/s1. The first kappa shape index (κ1) is 18.6. The number of hydrogen-bond acceptors (Lipinski definition) is 5. The number of aromatic nitrogens is 2. The molecule has 9 heteroatoms. The van der Waals surface area contributed by atoms with E-state index in [1.165, 1.54) is 12.1 Å². The summed E-state index contributed by atoms with van der Waals surface area (Å²) in [5.41, 5.74) is 0.360. The largest absolute Gasteiger partial charge is 0.380 e. The molecule has 2 heterocycles. The average Bonchev–Trinajstić information content (AvgIpc) is 3.33. The number of rotatable bonds is 7. The smallest absolute Gasteiger partial charge is 0.253 e. The second-order valence-corrected chi connectivity index (χ2v) is 7.89. The van der Waals surface area contributed by atoms with Crippen LogP contribution in [0.25, 0.3) is 0 Å². The molecular weight excluding hydrogens is 356 g/mol. The van der Waals surface area contributed by atoms with Gasteiger partial charge in [0, 0.05) is 51.2 Å². The zero-order valence-electron chi connectivity index (χ0n) is 14.5. The zero-order chi connectivity index (χ0) is 18.6. The van der Waals surface area contributed by atoms with Gasteiger partial charge in [-0.2, -0.15) is 0 Å². The van der Waals surface area contributed by atoms with E-state index in [2.05, 4.69) is 9.71 Å². The number of hydrogen-bond donors (Lipinski definition) is 1. The molecule has 0 spiro atoms. The lowest BCUT2D eigenvalue weighted by Crippen LogP contribution is -2.30. The molecule has 3 rings (SSSR count). The third-order valence-corrected chi connectivity index (χ3v) is 5.84. The number of imidazole rings is 1. The van der Waals surface area contributed by atoms with Crippen LogP contribution in [0.3, 0.4) is 0 Å². The minimum Gasteiger partial charge on any atom is -0.380 e. The summed E-state index contributed by atoms with van der Waals surface area (Å²) in [4.78, 5) is 18.3. The van der Waals surface area contributed by atoms with Gasteiger partial charge in [0.25, 0.3) is 5.91 Å². The Bertz CT molecular complexity index is 851. The summed E-state index contributed by atoms with van der Waals surface area (Å²) in [5.74, 6) is -0.181. The molecule has 8 nitrogen and oxygen atoms in total. The molecule has 0 saturated carbocycles. The van der Waals surface area contributed by atoms with Crippen LogP contribution in [0.5, 0.6) is 0 Å². The fourth-order valence-corrected chi connectivity index (χ4v) is 3.96. The van der Waals surface area contributed by atoms with E-state index in [0.717, 1.165) is 6.42 Å². The molecule has 1 aliphatic heterocycles. The lowest BCUT2D eigenvalue weighted by Gasteiger charge is -2.16. The van der Waals surface area contributed by atoms with Crippen molar-refractivity contribution in [2.24, 2.45) is 0 Å². The molecule has 140 valence electrons. The van der Waals surface area contributed by atoms with Crippen LogP contribution in [0.15, 0.2) is 47.9 Å². The van der Waals surface area contributed by atoms with Crippen LogP contribution in [-0.2, 0) is 21.3 Å². The lowest BCUT2D eigenvalue weighted by molar-refractivity contribution is 0.0724. The van der Waals surface area contributed by atoms with Crippen molar-refractivity contribution >= 4 is 15.9 Å². The summed E-state index contributed by atoms with van der Waals surface area (Å²) in [6.45, 7) is 1.84. The topological polar surface area (TPSA) is 93.5 Å². The van der Waals surface area contributed by atoms with Gasteiger partial charge in [-0.15, -0.1) is 0 Å². The van der Waals surface area contributed by atoms with Crippen LogP contribution in [0.1, 0.15) is 16.8 Å². The van der Waals surface area contributed by atoms with Gasteiger partial charge in [-0.05, 0) is 24.6 Å². The van der Waals surface area contributed by atoms with Gasteiger partial charge in [0.15, 0.2) is 0 Å². The molecule has 0 aliphatic carbocycles. The molecule has 1 aromatic heterocycles. The zero-order valence-corrected chi connectivity index (χ0v) is 15.4. The third kappa shape index (κ3) is 4.29. The summed E-state index contributed by atoms with van der Waals surface area (Å²) in [6.07, 6.45) is 5.84. The number of likely N-dealkylation sites (tertiary alicyclic amines) is 1. The number of amides is 1. The number of carbonyl (C=O) groups is 1. The normalized spacial score (nSPS) is 17.6. The number of carbonyl (C=O) groups excluding carboxylic acids is 1. The Kier molecular flexibility index (Phi) is 5.70. The number of sulfonamides is 1. The molecule has 0 bridgehead atoms. The van der Waals surface area contributed by atoms with Gasteiger partial charge in [-0.3, -0.25) is 4.79 Å². The quantitative estimate of drug-likeness (QED) is 0.766. The Hall–Kier alpha value is -2.23. The summed E-state index contributed by atoms with van der Waals surface area (Å²) in [7, 11) is -2.06. The van der Waals surface area contributed by atoms with Gasteiger partial charge in [-0.1, -0.05) is 6.07 Å². The average molecular weight is 378 g/mol. The third-order valence-electron chi connectivity index (χ3n) is 4.38. The van der Waals surface area contributed by atoms with E-state index in [0.29, 0.717) is 25.2 Å². The predicted octanol–water partition coefficient (Wildman–Crippen LogP) is 0.723. The summed E-state index contributed by atoms with van der Waals surface area (Å²) in [5, 5.41) is 0. The highest BCUT2D eigenvalue weighted by Crippen LogP contribution is 2.18. The number of benzene rings is 1. The van der Waals surface area contributed by atoms with E-state index < -0.39 is 10.0 Å². The molecule has 0 radical (unpaired) electrons. The minimum atomic E-state index is -3.69. The van der Waals surface area contributed by atoms with Gasteiger partial charge in [0.1, 0.15) is 0 Å². The molecule has 1 saturated heterocycles. The molecule has 1 aliphatic rings. The van der Waals surface area contributed by atoms with Crippen molar-refractivity contribution in [1.82, 2.24) is 19.2 Å². The Balaban J connectivity index is 1.66. The first-order valence-electron chi connectivity index (χ1n) is 8.37. The van der Waals surface area contributed by atoms with Crippen molar-refractivity contribution in [3.63, 3.8) is 0 Å². The van der Waals surface area contributed by atoms with Gasteiger partial charge in [-0.25, -0.2) is 18.1 Å². The monoisotopic (exact) mass is 378 g/mol. The van der Waals surface area contributed by atoms with Gasteiger partial charge in [0.05, 0.1) is 17.3 Å². The highest BCUT2D eigenvalue weighted by molar-refractivity contribution is 7.89. The summed E-state index contributed by atoms with van der Waals surface area (Å²) in [6, 6.07) is 6.12. The highest BCUT2D eigenvalue weighted by Gasteiger charge is 2.27. The van der Waals surface area contributed by atoms with Crippen molar-refractivity contribution in [2.45, 2.75) is 24.0 Å². The number of ether oxygens (including phenoxy) is 1. The first-order valence-corrected chi connectivity index (χ1v) is 9.85. The maximum Gasteiger partial charge on any atom is 0.253 e. The van der Waals surface area contributed by atoms with Crippen molar-refractivity contribution in [3.05, 3.63) is 48.5 Å². The Morgan fingerprint density at radius 3 is 2.96 bits per heavy atom. The number of nitrogens with zero attached hydrogens (tertiary/aromatic N) is 3. The summed E-state index contributed by atoms with van der Waals surface area (Å²) >= 11 is 0. The number of methoxy groups -OCH3 is 1. The first-order chi connectivity index (χ1) is 12.5. The second kappa shape index (κ2) is 7.98. The molecule has 1 aromatic carbocycles. The molecule has 1 fully saturated rings. The van der Waals surface area contributed by atoms with Crippen molar-refractivity contribution in [2.75, 3.05) is 26.7 Å². The maximum absolute atomic E-state index is 12.6. The number of nitrogens with one attached hydrogen (secondary N) is 1. The van der Waals surface area contributed by atoms with E-state index in [1.54, 1.807) is 47.4 Å². The fourth-order valence-electron chi connectivity index (χ4n) is 2.90. The fraction of sp³-hybridized carbons (Fsp3) is 0.412. The van der Waals surface area contributed by atoms with Crippen molar-refractivity contribution in [3.8, 4) is 0 Å². The lowest BCUT2D eigenvalue weighted by atomic mass is 10.2. The van der Waals surface area contributed by atoms with Crippen molar-refractivity contribution < 1.29 is 17.9 Å². The van der Waals surface area contributed by atoms with E-state index >= 15 is 0 Å². The minimum absolute atomic E-state index is 0.0377. The predicted molar refractivity (Wildman–Crippen MR) is 95.2 cm³/mol. The van der Waals surface area contributed by atoms with E-state index in [-0.39, 0.29) is 23.5 Å². The van der Waals surface area contributed by atoms with Crippen LogP contribution in [0.2, 0.25) is 0 Å². The van der Waals surface area contributed by atoms with Crippen LogP contribution in [-0.4, -0.2) is 61.6 Å². The van der Waals surface area contributed by atoms with Gasteiger partial charge >= 0.3 is 0 Å². The van der Waals surface area contributed by atoms with Crippen LogP contribution in [0, 0.1) is 0 Å². The second-order valence-electron chi connectivity index (χ2n) is 6.12. The van der Waals surface area contributed by atoms with Gasteiger partial charge in [0.2, 0.25) is 10.0 Å². The van der Waals surface area contributed by atoms with Crippen LogP contribution >= 0.6 is 0 Å². The van der Waals surface area contributed by atoms with Crippen molar-refractivity contribution in [1.29, 1.82) is 0 Å². The molecule has 1 amide bonds. The molecule has 26 heavy (non-hydrogen) atoms. The van der Waals surface area contributed by atoms with E-state index in [4.69, 9.17) is 4.74 Å². The SMILES string of the molecule is CO[C@@H]1CCN(C(=O)c2cccc(S(=O)(=O)NCCn3ccnc3)c2)C1. The van der Waals surface area contributed by atoms with E-state index in [1.807, 2.05) is 0 Å². The van der Waals surface area contributed by atoms with Crippen LogP contribution < -0.4 is 4.72 Å². The maximum atomic E-state index is 12.6. The summed E-state index contributed by atoms with van der Waals surface area (Å²) < 4.78 is 34.5. The van der Waals surface area contributed by atoms with Crippen LogP contribution in [0.4, 0.5) is 0 Å². The highest BCUT2D eigenvalue weighted by atomic mass is 32.2. The van der Waals surface area contributed by atoms with Gasteiger partial charge < -0.3 is 14.2 Å². The Morgan fingerprint density at radius 1 is 1.42 bits per heavy atom. The molecule has 1 atom stereocenters.